The van der Waals surface area contributed by atoms with E-state index in [1.54, 1.807) is 37.3 Å². The number of hydrogen-bond acceptors (Lipinski definition) is 2. The predicted molar refractivity (Wildman–Crippen MR) is 77.6 cm³/mol. The molecule has 2 aromatic carbocycles. The van der Waals surface area contributed by atoms with Crippen LogP contribution in [0.25, 0.3) is 22.1 Å². The third-order valence-electron chi connectivity index (χ3n) is 3.21. The number of halogens is 2. The number of aryl methyl sites for hydroxylation is 1. The molecule has 3 rings (SSSR count). The fourth-order valence-corrected chi connectivity index (χ4v) is 2.28. The van der Waals surface area contributed by atoms with E-state index in [2.05, 4.69) is 0 Å². The van der Waals surface area contributed by atoms with Gasteiger partial charge in [0.15, 0.2) is 5.43 Å². The monoisotopic (exact) mass is 288 g/mol. The Morgan fingerprint density at radius 1 is 1.15 bits per heavy atom. The van der Waals surface area contributed by atoms with Crippen molar-refractivity contribution in [3.8, 4) is 11.1 Å². The zero-order valence-electron chi connectivity index (χ0n) is 10.6. The van der Waals surface area contributed by atoms with Gasteiger partial charge < -0.3 is 4.42 Å². The first kappa shape index (κ1) is 12.9. The molecule has 1 heterocycles. The van der Waals surface area contributed by atoms with Crippen LogP contribution in [0, 0.1) is 12.7 Å². The second kappa shape index (κ2) is 4.76. The van der Waals surface area contributed by atoms with Crippen LogP contribution in [0.2, 0.25) is 5.02 Å². The fraction of sp³-hybridized carbons (Fsp3) is 0.0625. The smallest absolute Gasteiger partial charge is 0.200 e. The summed E-state index contributed by atoms with van der Waals surface area (Å²) in [5.74, 6) is -0.300. The second-order valence-electron chi connectivity index (χ2n) is 4.58. The fourth-order valence-electron chi connectivity index (χ4n) is 2.11. The van der Waals surface area contributed by atoms with Crippen molar-refractivity contribution >= 4 is 22.6 Å². The summed E-state index contributed by atoms with van der Waals surface area (Å²) in [7, 11) is 0. The molecule has 0 saturated heterocycles. The Morgan fingerprint density at radius 3 is 2.70 bits per heavy atom. The van der Waals surface area contributed by atoms with Crippen LogP contribution in [-0.2, 0) is 0 Å². The first-order valence-electron chi connectivity index (χ1n) is 6.04. The van der Waals surface area contributed by atoms with Crippen molar-refractivity contribution in [3.05, 3.63) is 69.3 Å². The zero-order valence-corrected chi connectivity index (χ0v) is 11.4. The van der Waals surface area contributed by atoms with Crippen LogP contribution in [-0.4, -0.2) is 0 Å². The van der Waals surface area contributed by atoms with Gasteiger partial charge in [-0.1, -0.05) is 17.7 Å². The summed E-state index contributed by atoms with van der Waals surface area (Å²) in [6.45, 7) is 1.65. The van der Waals surface area contributed by atoms with Crippen LogP contribution >= 0.6 is 11.6 Å². The third kappa shape index (κ3) is 2.10. The standard InChI is InChI=1S/C16H10ClFO2/c1-9-6-10(2-5-14(9)18)13-8-20-15-7-11(17)3-4-12(15)16(13)19/h2-8H,1H3. The molecule has 0 unspecified atom stereocenters. The molecular formula is C16H10ClFO2. The summed E-state index contributed by atoms with van der Waals surface area (Å²) >= 11 is 5.86. The van der Waals surface area contributed by atoms with E-state index >= 15 is 0 Å². The van der Waals surface area contributed by atoms with Crippen molar-refractivity contribution in [2.24, 2.45) is 0 Å². The summed E-state index contributed by atoms with van der Waals surface area (Å²) in [6, 6.07) is 9.40. The lowest BCUT2D eigenvalue weighted by molar-refractivity contribution is 0.604. The van der Waals surface area contributed by atoms with Gasteiger partial charge in [0.1, 0.15) is 17.7 Å². The zero-order chi connectivity index (χ0) is 14.3. The SMILES string of the molecule is Cc1cc(-c2coc3cc(Cl)ccc3c2=O)ccc1F. The summed E-state index contributed by atoms with van der Waals surface area (Å²) in [5.41, 5.74) is 1.80. The molecule has 20 heavy (non-hydrogen) atoms. The Hall–Kier alpha value is -2.13. The van der Waals surface area contributed by atoms with E-state index in [1.807, 2.05) is 0 Å². The van der Waals surface area contributed by atoms with E-state index in [1.165, 1.54) is 12.3 Å². The highest BCUT2D eigenvalue weighted by Gasteiger charge is 2.10. The largest absolute Gasteiger partial charge is 0.463 e. The van der Waals surface area contributed by atoms with Crippen LogP contribution in [0.3, 0.4) is 0 Å². The number of hydrogen-bond donors (Lipinski definition) is 0. The minimum Gasteiger partial charge on any atom is -0.463 e. The van der Waals surface area contributed by atoms with Gasteiger partial charge in [0.2, 0.25) is 0 Å². The van der Waals surface area contributed by atoms with E-state index in [0.717, 1.165) is 0 Å². The molecule has 0 amide bonds. The van der Waals surface area contributed by atoms with Crippen molar-refractivity contribution < 1.29 is 8.81 Å². The average Bonchev–Trinajstić information content (AvgIpc) is 2.42. The number of rotatable bonds is 1. The number of benzene rings is 2. The van der Waals surface area contributed by atoms with E-state index in [-0.39, 0.29) is 11.2 Å². The summed E-state index contributed by atoms with van der Waals surface area (Å²) in [5, 5.41) is 0.958. The molecule has 0 bridgehead atoms. The Balaban J connectivity index is 2.27. The molecule has 0 atom stereocenters. The topological polar surface area (TPSA) is 30.2 Å². The van der Waals surface area contributed by atoms with Gasteiger partial charge in [-0.25, -0.2) is 4.39 Å². The molecule has 3 aromatic rings. The molecule has 2 nitrogen and oxygen atoms in total. The summed E-state index contributed by atoms with van der Waals surface area (Å²) in [6.07, 6.45) is 1.38. The van der Waals surface area contributed by atoms with Gasteiger partial charge in [-0.3, -0.25) is 4.79 Å². The highest BCUT2D eigenvalue weighted by molar-refractivity contribution is 6.31. The van der Waals surface area contributed by atoms with Crippen LogP contribution in [0.15, 0.2) is 51.9 Å². The van der Waals surface area contributed by atoms with E-state index in [4.69, 9.17) is 16.0 Å². The molecule has 0 fully saturated rings. The van der Waals surface area contributed by atoms with E-state index in [0.29, 0.717) is 32.7 Å². The lowest BCUT2D eigenvalue weighted by Crippen LogP contribution is -2.04. The lowest BCUT2D eigenvalue weighted by atomic mass is 10.0. The predicted octanol–water partition coefficient (Wildman–Crippen LogP) is 4.56. The maximum absolute atomic E-state index is 13.3. The van der Waals surface area contributed by atoms with E-state index < -0.39 is 0 Å². The Labute approximate surface area is 119 Å². The summed E-state index contributed by atoms with van der Waals surface area (Å²) < 4.78 is 18.7. The molecule has 0 aliphatic heterocycles. The van der Waals surface area contributed by atoms with E-state index in [9.17, 15) is 9.18 Å². The number of fused-ring (bicyclic) bond motifs is 1. The quantitative estimate of drug-likeness (QED) is 0.657. The average molecular weight is 289 g/mol. The third-order valence-corrected chi connectivity index (χ3v) is 3.44. The van der Waals surface area contributed by atoms with Crippen molar-refractivity contribution in [1.82, 2.24) is 0 Å². The molecule has 0 aliphatic rings. The molecular weight excluding hydrogens is 279 g/mol. The van der Waals surface area contributed by atoms with Gasteiger partial charge in [-0.05, 0) is 42.3 Å². The van der Waals surface area contributed by atoms with Crippen molar-refractivity contribution in [2.75, 3.05) is 0 Å². The van der Waals surface area contributed by atoms with Crippen LogP contribution in [0.1, 0.15) is 5.56 Å². The van der Waals surface area contributed by atoms with Gasteiger partial charge in [0.25, 0.3) is 0 Å². The van der Waals surface area contributed by atoms with Crippen molar-refractivity contribution in [3.63, 3.8) is 0 Å². The molecule has 0 aliphatic carbocycles. The van der Waals surface area contributed by atoms with Gasteiger partial charge in [0.05, 0.1) is 10.9 Å². The van der Waals surface area contributed by atoms with Crippen molar-refractivity contribution in [2.45, 2.75) is 6.92 Å². The molecule has 0 spiro atoms. The summed E-state index contributed by atoms with van der Waals surface area (Å²) in [4.78, 5) is 12.4. The van der Waals surface area contributed by atoms with Crippen LogP contribution < -0.4 is 5.43 Å². The highest BCUT2D eigenvalue weighted by Crippen LogP contribution is 2.23. The Morgan fingerprint density at radius 2 is 1.95 bits per heavy atom. The minimum atomic E-state index is -0.300. The molecule has 1 aromatic heterocycles. The van der Waals surface area contributed by atoms with Gasteiger partial charge in [-0.15, -0.1) is 0 Å². The molecule has 0 radical (unpaired) electrons. The highest BCUT2D eigenvalue weighted by atomic mass is 35.5. The molecule has 0 saturated carbocycles. The first-order valence-corrected chi connectivity index (χ1v) is 6.41. The minimum absolute atomic E-state index is 0.158. The van der Waals surface area contributed by atoms with Gasteiger partial charge in [0, 0.05) is 11.1 Å². The Kier molecular flexibility index (Phi) is 3.07. The first-order chi connectivity index (χ1) is 9.56. The maximum atomic E-state index is 13.3. The molecule has 100 valence electrons. The van der Waals surface area contributed by atoms with Crippen LogP contribution in [0.4, 0.5) is 4.39 Å². The molecule has 4 heteroatoms. The normalized spacial score (nSPS) is 10.9. The Bertz CT molecular complexity index is 868. The lowest BCUT2D eigenvalue weighted by Gasteiger charge is -2.04. The molecule has 0 N–H and O–H groups in total. The van der Waals surface area contributed by atoms with Crippen LogP contribution in [0.5, 0.6) is 0 Å². The van der Waals surface area contributed by atoms with Crippen molar-refractivity contribution in [1.29, 1.82) is 0 Å². The second-order valence-corrected chi connectivity index (χ2v) is 5.02. The maximum Gasteiger partial charge on any atom is 0.200 e. The van der Waals surface area contributed by atoms with Gasteiger partial charge >= 0.3 is 0 Å². The van der Waals surface area contributed by atoms with Gasteiger partial charge in [-0.2, -0.15) is 0 Å².